The quantitative estimate of drug-likeness (QED) is 0.717. The Hall–Kier alpha value is -1.34. The summed E-state index contributed by atoms with van der Waals surface area (Å²) in [5, 5.41) is 1.54. The summed E-state index contributed by atoms with van der Waals surface area (Å²) in [5.41, 5.74) is 3.13. The molecule has 0 nitrogen and oxygen atoms in total. The maximum absolute atomic E-state index is 2.46. The van der Waals surface area contributed by atoms with Crippen molar-refractivity contribution < 1.29 is 0 Å². The molecule has 0 aliphatic heterocycles. The lowest BCUT2D eigenvalue weighted by Gasteiger charge is -2.24. The second-order valence-corrected chi connectivity index (χ2v) is 12.1. The minimum absolute atomic E-state index is 0.241. The first-order chi connectivity index (χ1) is 9.29. The third kappa shape index (κ3) is 3.60. The molecule has 1 heteroatoms. The van der Waals surface area contributed by atoms with Gasteiger partial charge in [0, 0.05) is 0 Å². The molecule has 0 spiro atoms. The number of rotatable bonds is 3. The van der Waals surface area contributed by atoms with Gasteiger partial charge in [-0.25, -0.2) is 0 Å². The van der Waals surface area contributed by atoms with E-state index in [0.717, 1.165) is 0 Å². The van der Waals surface area contributed by atoms with E-state index in [-0.39, 0.29) is 5.41 Å². The highest BCUT2D eigenvalue weighted by atomic mass is 28.3. The molecule has 2 aromatic carbocycles. The molecule has 0 saturated heterocycles. The summed E-state index contributed by atoms with van der Waals surface area (Å²) in [5.74, 6) is 0. The van der Waals surface area contributed by atoms with Gasteiger partial charge in [0.05, 0.1) is 8.07 Å². The Bertz CT molecular complexity index is 545. The van der Waals surface area contributed by atoms with Gasteiger partial charge in [0.25, 0.3) is 0 Å². The Balaban J connectivity index is 2.18. The van der Waals surface area contributed by atoms with Crippen LogP contribution >= 0.6 is 0 Å². The molecule has 0 atom stereocenters. The molecule has 0 amide bonds. The van der Waals surface area contributed by atoms with Crippen LogP contribution < -0.4 is 5.19 Å². The maximum atomic E-state index is 2.46. The lowest BCUT2D eigenvalue weighted by Crippen LogP contribution is -2.43. The van der Waals surface area contributed by atoms with Gasteiger partial charge in [-0.2, -0.15) is 0 Å². The summed E-state index contributed by atoms with van der Waals surface area (Å²) in [6.45, 7) is 11.7. The fraction of sp³-hybridized carbons (Fsp3) is 0.368. The summed E-state index contributed by atoms with van der Waals surface area (Å²) in [6, 6.07) is 21.4. The second kappa shape index (κ2) is 5.57. The number of hydrogen-bond donors (Lipinski definition) is 0. The van der Waals surface area contributed by atoms with Crippen molar-refractivity contribution in [2.75, 3.05) is 0 Å². The van der Waals surface area contributed by atoms with E-state index < -0.39 is 8.07 Å². The van der Waals surface area contributed by atoms with E-state index in [1.165, 1.54) is 17.2 Å². The smallest absolute Gasteiger partial charge is 0.0652 e. The molecule has 2 aromatic rings. The Kier molecular flexibility index (Phi) is 4.19. The Labute approximate surface area is 124 Å². The van der Waals surface area contributed by atoms with Crippen molar-refractivity contribution in [2.24, 2.45) is 0 Å². The van der Waals surface area contributed by atoms with Crippen LogP contribution in [0.4, 0.5) is 0 Å². The lowest BCUT2D eigenvalue weighted by molar-refractivity contribution is 0.590. The summed E-state index contributed by atoms with van der Waals surface area (Å²) in [7, 11) is -1.38. The van der Waals surface area contributed by atoms with E-state index >= 15 is 0 Å². The van der Waals surface area contributed by atoms with Gasteiger partial charge in [-0.15, -0.1) is 0 Å². The standard InChI is InChI=1S/C19H26Si/c1-19(2,3)17-13-11-16(12-14-17)15-20(4,5)18-9-7-6-8-10-18/h6-14H,15H2,1-5H3. The van der Waals surface area contributed by atoms with E-state index in [0.29, 0.717) is 0 Å². The minimum atomic E-state index is -1.38. The fourth-order valence-corrected chi connectivity index (χ4v) is 5.18. The second-order valence-electron chi connectivity index (χ2n) is 7.37. The first-order valence-electron chi connectivity index (χ1n) is 7.44. The first-order valence-corrected chi connectivity index (χ1v) is 10.6. The predicted molar refractivity (Wildman–Crippen MR) is 92.4 cm³/mol. The Morgan fingerprint density at radius 2 is 1.35 bits per heavy atom. The van der Waals surface area contributed by atoms with Crippen LogP contribution in [0.1, 0.15) is 31.9 Å². The van der Waals surface area contributed by atoms with Gasteiger partial charge in [0.1, 0.15) is 0 Å². The van der Waals surface area contributed by atoms with Crippen LogP contribution in [-0.2, 0) is 11.5 Å². The van der Waals surface area contributed by atoms with E-state index in [1.54, 1.807) is 5.19 Å². The average molecular weight is 283 g/mol. The topological polar surface area (TPSA) is 0 Å². The van der Waals surface area contributed by atoms with Gasteiger partial charge in [0.15, 0.2) is 0 Å². The third-order valence-electron chi connectivity index (χ3n) is 4.02. The van der Waals surface area contributed by atoms with E-state index in [4.69, 9.17) is 0 Å². The van der Waals surface area contributed by atoms with Gasteiger partial charge in [0.2, 0.25) is 0 Å². The normalized spacial score (nSPS) is 12.4. The van der Waals surface area contributed by atoms with Crippen molar-refractivity contribution in [1.82, 2.24) is 0 Å². The monoisotopic (exact) mass is 282 g/mol. The van der Waals surface area contributed by atoms with E-state index in [1.807, 2.05) is 0 Å². The Morgan fingerprint density at radius 3 is 1.85 bits per heavy atom. The highest BCUT2D eigenvalue weighted by Crippen LogP contribution is 2.23. The van der Waals surface area contributed by atoms with Gasteiger partial charge >= 0.3 is 0 Å². The molecule has 20 heavy (non-hydrogen) atoms. The van der Waals surface area contributed by atoms with Crippen molar-refractivity contribution in [1.29, 1.82) is 0 Å². The van der Waals surface area contributed by atoms with Crippen molar-refractivity contribution in [2.45, 2.75) is 45.3 Å². The van der Waals surface area contributed by atoms with E-state index in [9.17, 15) is 0 Å². The molecule has 0 aliphatic carbocycles. The van der Waals surface area contributed by atoms with Gasteiger partial charge in [-0.1, -0.05) is 99.2 Å². The van der Waals surface area contributed by atoms with Crippen LogP contribution in [0.3, 0.4) is 0 Å². The van der Waals surface area contributed by atoms with Crippen molar-refractivity contribution in [3.63, 3.8) is 0 Å². The van der Waals surface area contributed by atoms with Crippen LogP contribution in [0.2, 0.25) is 13.1 Å². The minimum Gasteiger partial charge on any atom is -0.0652 e. The largest absolute Gasteiger partial charge is 0.0849 e. The van der Waals surface area contributed by atoms with Gasteiger partial charge in [-0.05, 0) is 17.0 Å². The van der Waals surface area contributed by atoms with Crippen LogP contribution in [0.15, 0.2) is 54.6 Å². The predicted octanol–water partition coefficient (Wildman–Crippen LogP) is 4.68. The summed E-state index contributed by atoms with van der Waals surface area (Å²) in [6.07, 6.45) is 0. The van der Waals surface area contributed by atoms with Crippen LogP contribution in [-0.4, -0.2) is 8.07 Å². The molecular formula is C19H26Si. The summed E-state index contributed by atoms with van der Waals surface area (Å²) >= 11 is 0. The summed E-state index contributed by atoms with van der Waals surface area (Å²) < 4.78 is 0. The molecule has 0 aromatic heterocycles. The molecule has 0 saturated carbocycles. The number of benzene rings is 2. The van der Waals surface area contributed by atoms with Crippen molar-refractivity contribution in [3.05, 3.63) is 65.7 Å². The Morgan fingerprint density at radius 1 is 0.800 bits per heavy atom. The third-order valence-corrected chi connectivity index (χ3v) is 7.21. The average Bonchev–Trinajstić information content (AvgIpc) is 2.39. The molecule has 0 fully saturated rings. The molecule has 0 N–H and O–H groups in total. The van der Waals surface area contributed by atoms with Crippen LogP contribution in [0.25, 0.3) is 0 Å². The molecular weight excluding hydrogens is 256 g/mol. The molecule has 0 bridgehead atoms. The maximum Gasteiger partial charge on any atom is 0.0849 e. The van der Waals surface area contributed by atoms with E-state index in [2.05, 4.69) is 88.5 Å². The SMILES string of the molecule is CC(C)(C)c1ccc(C[Si](C)(C)c2ccccc2)cc1. The molecule has 106 valence electrons. The van der Waals surface area contributed by atoms with Crippen molar-refractivity contribution in [3.8, 4) is 0 Å². The highest BCUT2D eigenvalue weighted by Gasteiger charge is 2.23. The van der Waals surface area contributed by atoms with Gasteiger partial charge in [-0.3, -0.25) is 0 Å². The molecule has 0 heterocycles. The molecule has 2 rings (SSSR count). The molecule has 0 unspecified atom stereocenters. The van der Waals surface area contributed by atoms with Crippen molar-refractivity contribution >= 4 is 13.3 Å². The van der Waals surface area contributed by atoms with Crippen LogP contribution in [0, 0.1) is 0 Å². The first kappa shape index (κ1) is 15.1. The highest BCUT2D eigenvalue weighted by molar-refractivity contribution is 6.89. The zero-order chi connectivity index (χ0) is 14.8. The summed E-state index contributed by atoms with van der Waals surface area (Å²) in [4.78, 5) is 0. The fourth-order valence-electron chi connectivity index (χ4n) is 2.62. The van der Waals surface area contributed by atoms with Crippen LogP contribution in [0.5, 0.6) is 0 Å². The zero-order valence-corrected chi connectivity index (χ0v) is 14.4. The zero-order valence-electron chi connectivity index (χ0n) is 13.4. The molecule has 0 radical (unpaired) electrons. The lowest BCUT2D eigenvalue weighted by atomic mass is 9.87. The molecule has 0 aliphatic rings. The number of hydrogen-bond acceptors (Lipinski definition) is 0. The van der Waals surface area contributed by atoms with Gasteiger partial charge < -0.3 is 0 Å².